The summed E-state index contributed by atoms with van der Waals surface area (Å²) in [4.78, 5) is 29.0. The maximum absolute atomic E-state index is 12.2. The average molecular weight is 284 g/mol. The molecule has 1 aromatic carbocycles. The Bertz CT molecular complexity index is 716. The van der Waals surface area contributed by atoms with Gasteiger partial charge in [0.05, 0.1) is 0 Å². The lowest BCUT2D eigenvalue weighted by atomic mass is 10.1. The van der Waals surface area contributed by atoms with Crippen LogP contribution in [0.4, 0.5) is 0 Å². The Morgan fingerprint density at radius 3 is 2.86 bits per heavy atom. The lowest BCUT2D eigenvalue weighted by Crippen LogP contribution is -2.39. The van der Waals surface area contributed by atoms with Gasteiger partial charge in [0.25, 0.3) is 0 Å². The third kappa shape index (κ3) is 2.34. The third-order valence-electron chi connectivity index (χ3n) is 3.93. The van der Waals surface area contributed by atoms with Crippen molar-refractivity contribution in [3.8, 4) is 0 Å². The zero-order chi connectivity index (χ0) is 15.0. The molecule has 0 radical (unpaired) electrons. The van der Waals surface area contributed by atoms with E-state index in [2.05, 4.69) is 4.98 Å². The van der Waals surface area contributed by atoms with Crippen molar-refractivity contribution < 1.29 is 9.59 Å². The molecule has 0 spiro atoms. The molecule has 21 heavy (non-hydrogen) atoms. The van der Waals surface area contributed by atoms with Gasteiger partial charge in [0, 0.05) is 24.3 Å². The number of nitrogens with zero attached hydrogens (tertiary/aromatic N) is 2. The van der Waals surface area contributed by atoms with Crippen LogP contribution in [0.2, 0.25) is 0 Å². The molecule has 0 aliphatic carbocycles. The van der Waals surface area contributed by atoms with Gasteiger partial charge in [-0.2, -0.15) is 0 Å². The number of primary amides is 1. The van der Waals surface area contributed by atoms with Crippen molar-refractivity contribution in [2.24, 2.45) is 17.4 Å². The molecular formula is C15H16N4O2. The smallest absolute Gasteiger partial charge is 0.236 e. The quantitative estimate of drug-likeness (QED) is 0.802. The van der Waals surface area contributed by atoms with Gasteiger partial charge in [-0.1, -0.05) is 12.1 Å². The van der Waals surface area contributed by atoms with Gasteiger partial charge in [-0.3, -0.25) is 14.6 Å². The second-order valence-corrected chi connectivity index (χ2v) is 5.20. The second kappa shape index (κ2) is 5.14. The van der Waals surface area contributed by atoms with E-state index in [0.29, 0.717) is 13.0 Å². The van der Waals surface area contributed by atoms with Crippen molar-refractivity contribution in [3.63, 3.8) is 0 Å². The topological polar surface area (TPSA) is 102 Å². The molecule has 4 N–H and O–H groups in total. The predicted molar refractivity (Wildman–Crippen MR) is 77.7 cm³/mol. The molecule has 0 saturated carbocycles. The van der Waals surface area contributed by atoms with Crippen LogP contribution in [0.25, 0.3) is 10.8 Å². The number of hydrogen-bond donors (Lipinski definition) is 2. The zero-order valence-electron chi connectivity index (χ0n) is 11.4. The van der Waals surface area contributed by atoms with Gasteiger partial charge < -0.3 is 16.4 Å². The number of nitrogens with two attached hydrogens (primary N) is 2. The Kier molecular flexibility index (Phi) is 3.31. The van der Waals surface area contributed by atoms with Gasteiger partial charge in [-0.25, -0.2) is 0 Å². The Morgan fingerprint density at radius 1 is 1.33 bits per heavy atom. The van der Waals surface area contributed by atoms with Crippen molar-refractivity contribution in [1.29, 1.82) is 0 Å². The SMILES string of the molecule is NC(=O)[C@@H]1CCN([C@@H](N)c2ccc3ccncc3c2)C1=O. The highest BCUT2D eigenvalue weighted by atomic mass is 16.2. The van der Waals surface area contributed by atoms with E-state index in [0.717, 1.165) is 16.3 Å². The molecule has 6 nitrogen and oxygen atoms in total. The summed E-state index contributed by atoms with van der Waals surface area (Å²) in [5, 5.41) is 2.02. The first-order chi connectivity index (χ1) is 10.1. The van der Waals surface area contributed by atoms with Gasteiger partial charge in [0.15, 0.2) is 0 Å². The van der Waals surface area contributed by atoms with Crippen molar-refractivity contribution in [2.45, 2.75) is 12.6 Å². The first kappa shape index (κ1) is 13.5. The van der Waals surface area contributed by atoms with Crippen LogP contribution in [0.1, 0.15) is 18.2 Å². The molecular weight excluding hydrogens is 268 g/mol. The summed E-state index contributed by atoms with van der Waals surface area (Å²) in [6, 6.07) is 7.66. The van der Waals surface area contributed by atoms with Crippen molar-refractivity contribution in [2.75, 3.05) is 6.54 Å². The first-order valence-corrected chi connectivity index (χ1v) is 6.77. The van der Waals surface area contributed by atoms with E-state index in [-0.39, 0.29) is 5.91 Å². The first-order valence-electron chi connectivity index (χ1n) is 6.77. The molecule has 2 amide bonds. The fourth-order valence-corrected chi connectivity index (χ4v) is 2.71. The summed E-state index contributed by atoms with van der Waals surface area (Å²) in [7, 11) is 0. The summed E-state index contributed by atoms with van der Waals surface area (Å²) in [6.45, 7) is 0.443. The number of hydrogen-bond acceptors (Lipinski definition) is 4. The van der Waals surface area contributed by atoms with E-state index < -0.39 is 18.0 Å². The molecule has 3 rings (SSSR count). The van der Waals surface area contributed by atoms with Gasteiger partial charge in [0.1, 0.15) is 12.1 Å². The normalized spacial score (nSPS) is 20.0. The Morgan fingerprint density at radius 2 is 2.14 bits per heavy atom. The van der Waals surface area contributed by atoms with Gasteiger partial charge >= 0.3 is 0 Å². The summed E-state index contributed by atoms with van der Waals surface area (Å²) < 4.78 is 0. The van der Waals surface area contributed by atoms with Crippen molar-refractivity contribution in [1.82, 2.24) is 9.88 Å². The number of benzene rings is 1. The molecule has 1 aromatic heterocycles. The number of rotatable bonds is 3. The Hall–Kier alpha value is -2.47. The molecule has 2 aromatic rings. The third-order valence-corrected chi connectivity index (χ3v) is 3.93. The van der Waals surface area contributed by atoms with E-state index in [1.807, 2.05) is 24.3 Å². The van der Waals surface area contributed by atoms with E-state index >= 15 is 0 Å². The average Bonchev–Trinajstić information content (AvgIpc) is 2.88. The molecule has 2 atom stereocenters. The Balaban J connectivity index is 1.88. The number of carbonyl (C=O) groups excluding carboxylic acids is 2. The molecule has 0 unspecified atom stereocenters. The zero-order valence-corrected chi connectivity index (χ0v) is 11.4. The summed E-state index contributed by atoms with van der Waals surface area (Å²) in [6.07, 6.45) is 3.33. The summed E-state index contributed by atoms with van der Waals surface area (Å²) in [5.74, 6) is -1.63. The monoisotopic (exact) mass is 284 g/mol. The minimum absolute atomic E-state index is 0.290. The van der Waals surface area contributed by atoms with E-state index in [4.69, 9.17) is 11.5 Å². The van der Waals surface area contributed by atoms with E-state index in [1.165, 1.54) is 4.90 Å². The van der Waals surface area contributed by atoms with E-state index in [1.54, 1.807) is 12.4 Å². The lowest BCUT2D eigenvalue weighted by molar-refractivity contribution is -0.137. The van der Waals surface area contributed by atoms with Crippen LogP contribution < -0.4 is 11.5 Å². The minimum Gasteiger partial charge on any atom is -0.369 e. The number of pyridine rings is 1. The highest BCUT2D eigenvalue weighted by Gasteiger charge is 2.38. The highest BCUT2D eigenvalue weighted by molar-refractivity contribution is 6.01. The van der Waals surface area contributed by atoms with Crippen LogP contribution in [-0.2, 0) is 9.59 Å². The van der Waals surface area contributed by atoms with Crippen molar-refractivity contribution >= 4 is 22.6 Å². The fraction of sp³-hybridized carbons (Fsp3) is 0.267. The van der Waals surface area contributed by atoms with Gasteiger partial charge in [-0.15, -0.1) is 0 Å². The van der Waals surface area contributed by atoms with Crippen LogP contribution in [0.5, 0.6) is 0 Å². The van der Waals surface area contributed by atoms with Gasteiger partial charge in [0.2, 0.25) is 11.8 Å². The molecule has 6 heteroatoms. The maximum Gasteiger partial charge on any atom is 0.236 e. The Labute approximate surface area is 121 Å². The molecule has 108 valence electrons. The van der Waals surface area contributed by atoms with Gasteiger partial charge in [-0.05, 0) is 29.5 Å². The van der Waals surface area contributed by atoms with E-state index in [9.17, 15) is 9.59 Å². The van der Waals surface area contributed by atoms with Crippen LogP contribution in [0, 0.1) is 5.92 Å². The highest BCUT2D eigenvalue weighted by Crippen LogP contribution is 2.27. The molecule has 1 aliphatic heterocycles. The van der Waals surface area contributed by atoms with Crippen LogP contribution in [0.3, 0.4) is 0 Å². The number of aromatic nitrogens is 1. The predicted octanol–water partition coefficient (Wildman–Crippen LogP) is 0.526. The van der Waals surface area contributed by atoms with Crippen LogP contribution in [0.15, 0.2) is 36.7 Å². The lowest BCUT2D eigenvalue weighted by Gasteiger charge is -2.25. The maximum atomic E-state index is 12.2. The molecule has 0 bridgehead atoms. The number of amides is 2. The van der Waals surface area contributed by atoms with Crippen LogP contribution in [-0.4, -0.2) is 28.2 Å². The number of fused-ring (bicyclic) bond motifs is 1. The standard InChI is InChI=1S/C15H16N4O2/c16-13(19-6-4-12(14(17)20)15(19)21)10-2-1-9-3-5-18-8-11(9)7-10/h1-3,5,7-8,12-13H,4,6,16H2,(H2,17,20)/t12-,13+/m0/s1. The minimum atomic E-state index is -0.752. The molecule has 1 aliphatic rings. The molecule has 1 saturated heterocycles. The molecule has 1 fully saturated rings. The number of carbonyl (C=O) groups is 2. The van der Waals surface area contributed by atoms with Crippen LogP contribution >= 0.6 is 0 Å². The summed E-state index contributed by atoms with van der Waals surface area (Å²) >= 11 is 0. The number of likely N-dealkylation sites (tertiary alicyclic amines) is 1. The second-order valence-electron chi connectivity index (χ2n) is 5.20. The van der Waals surface area contributed by atoms with Crippen molar-refractivity contribution in [3.05, 3.63) is 42.2 Å². The summed E-state index contributed by atoms with van der Waals surface area (Å²) in [5.41, 5.74) is 12.2. The largest absolute Gasteiger partial charge is 0.369 e. The molecule has 2 heterocycles. The fourth-order valence-electron chi connectivity index (χ4n) is 2.71.